The van der Waals surface area contributed by atoms with Gasteiger partial charge in [-0.25, -0.2) is 0 Å². The Bertz CT molecular complexity index is 787. The molecular weight excluding hydrogens is 366 g/mol. The average molecular weight is 398 g/mol. The van der Waals surface area contributed by atoms with Crippen LogP contribution < -0.4 is 4.72 Å². The number of aryl methyl sites for hydroxylation is 1. The van der Waals surface area contributed by atoms with Crippen LogP contribution in [-0.4, -0.2) is 36.6 Å². The zero-order chi connectivity index (χ0) is 19.3. The van der Waals surface area contributed by atoms with Crippen LogP contribution in [-0.2, 0) is 24.0 Å². The second-order valence-electron chi connectivity index (χ2n) is 7.87. The highest BCUT2D eigenvalue weighted by Gasteiger charge is 2.17. The summed E-state index contributed by atoms with van der Waals surface area (Å²) in [4.78, 5) is 8.61. The van der Waals surface area contributed by atoms with Crippen molar-refractivity contribution in [3.8, 4) is 0 Å². The lowest BCUT2D eigenvalue weighted by Gasteiger charge is -2.23. The van der Waals surface area contributed by atoms with Crippen molar-refractivity contribution >= 4 is 17.6 Å². The molecule has 0 amide bonds. The summed E-state index contributed by atoms with van der Waals surface area (Å²) < 4.78 is 9.47. The molecule has 4 rings (SSSR count). The van der Waals surface area contributed by atoms with E-state index in [4.69, 9.17) is 9.72 Å². The highest BCUT2D eigenvalue weighted by molar-refractivity contribution is 8.00. The third kappa shape index (κ3) is 4.70. The number of pyridine rings is 1. The number of nitrogens with one attached hydrogen (secondary N) is 1. The van der Waals surface area contributed by atoms with Crippen LogP contribution in [0.15, 0.2) is 35.2 Å². The molecule has 1 fully saturated rings. The molecule has 0 saturated carbocycles. The number of nitrogens with zero attached hydrogens (tertiary/aromatic N) is 2. The van der Waals surface area contributed by atoms with E-state index in [-0.39, 0.29) is 6.10 Å². The van der Waals surface area contributed by atoms with Gasteiger partial charge >= 0.3 is 0 Å². The second kappa shape index (κ2) is 9.29. The van der Waals surface area contributed by atoms with Gasteiger partial charge in [-0.15, -0.1) is 0 Å². The molecule has 1 unspecified atom stereocenters. The fourth-order valence-electron chi connectivity index (χ4n) is 4.01. The lowest BCUT2D eigenvalue weighted by Crippen LogP contribution is -2.20. The minimum Gasteiger partial charge on any atom is -0.374 e. The van der Waals surface area contributed by atoms with E-state index in [1.54, 1.807) is 11.9 Å². The SMILES string of the molecule is CCc1nc2c(cc1NSc1ccc(C3CCCCO3)cc1)CCN(C)CC2. The number of aromatic nitrogens is 1. The molecule has 150 valence electrons. The van der Waals surface area contributed by atoms with E-state index in [0.29, 0.717) is 0 Å². The topological polar surface area (TPSA) is 37.4 Å². The average Bonchev–Trinajstić information content (AvgIpc) is 2.93. The van der Waals surface area contributed by atoms with E-state index in [9.17, 15) is 0 Å². The van der Waals surface area contributed by atoms with Gasteiger partial charge in [0.2, 0.25) is 0 Å². The Morgan fingerprint density at radius 3 is 2.75 bits per heavy atom. The van der Waals surface area contributed by atoms with Crippen LogP contribution in [0.4, 0.5) is 5.69 Å². The van der Waals surface area contributed by atoms with Crippen LogP contribution >= 0.6 is 11.9 Å². The Balaban J connectivity index is 1.44. The summed E-state index contributed by atoms with van der Waals surface area (Å²) in [5, 5.41) is 0. The first-order chi connectivity index (χ1) is 13.7. The molecule has 2 aromatic rings. The van der Waals surface area contributed by atoms with Gasteiger partial charge in [0.05, 0.1) is 17.5 Å². The van der Waals surface area contributed by atoms with Crippen molar-refractivity contribution in [3.05, 3.63) is 52.8 Å². The number of benzene rings is 1. The Hall–Kier alpha value is -1.56. The molecule has 5 heteroatoms. The number of hydrogen-bond donors (Lipinski definition) is 1. The van der Waals surface area contributed by atoms with Gasteiger partial charge in [0, 0.05) is 36.7 Å². The third-order valence-electron chi connectivity index (χ3n) is 5.81. The maximum atomic E-state index is 5.90. The normalized spacial score (nSPS) is 20.4. The molecule has 0 aliphatic carbocycles. The molecule has 4 nitrogen and oxygen atoms in total. The molecule has 0 spiro atoms. The molecule has 2 aliphatic rings. The molecule has 1 aromatic heterocycles. The highest BCUT2D eigenvalue weighted by atomic mass is 32.2. The number of anilines is 1. The Morgan fingerprint density at radius 1 is 1.18 bits per heavy atom. The predicted octanol–water partition coefficient (Wildman–Crippen LogP) is 5.04. The summed E-state index contributed by atoms with van der Waals surface area (Å²) in [7, 11) is 2.20. The third-order valence-corrected chi connectivity index (χ3v) is 6.64. The summed E-state index contributed by atoms with van der Waals surface area (Å²) >= 11 is 1.67. The second-order valence-corrected chi connectivity index (χ2v) is 8.75. The summed E-state index contributed by atoms with van der Waals surface area (Å²) in [5.41, 5.74) is 6.32. The largest absolute Gasteiger partial charge is 0.374 e. The van der Waals surface area contributed by atoms with E-state index in [1.165, 1.54) is 40.3 Å². The van der Waals surface area contributed by atoms with E-state index in [1.807, 2.05) is 0 Å². The smallest absolute Gasteiger partial charge is 0.0824 e. The molecule has 2 aliphatic heterocycles. The fourth-order valence-corrected chi connectivity index (χ4v) is 4.69. The molecule has 1 N–H and O–H groups in total. The van der Waals surface area contributed by atoms with E-state index in [2.05, 4.69) is 53.9 Å². The van der Waals surface area contributed by atoms with Crippen LogP contribution in [0.2, 0.25) is 0 Å². The molecule has 28 heavy (non-hydrogen) atoms. The lowest BCUT2D eigenvalue weighted by molar-refractivity contribution is 0.0149. The van der Waals surface area contributed by atoms with Gasteiger partial charge in [-0.2, -0.15) is 0 Å². The number of likely N-dealkylation sites (N-methyl/N-ethyl adjacent to an activating group) is 1. The van der Waals surface area contributed by atoms with E-state index in [0.717, 1.165) is 51.1 Å². The van der Waals surface area contributed by atoms with Crippen LogP contribution in [0, 0.1) is 0 Å². The van der Waals surface area contributed by atoms with Crippen LogP contribution in [0.1, 0.15) is 54.8 Å². The highest BCUT2D eigenvalue weighted by Crippen LogP contribution is 2.31. The van der Waals surface area contributed by atoms with Gasteiger partial charge in [0.15, 0.2) is 0 Å². The summed E-state index contributed by atoms with van der Waals surface area (Å²) in [6, 6.07) is 11.2. The first kappa shape index (κ1) is 19.7. The van der Waals surface area contributed by atoms with Crippen LogP contribution in [0.5, 0.6) is 0 Å². The molecule has 0 bridgehead atoms. The zero-order valence-corrected chi connectivity index (χ0v) is 17.9. The predicted molar refractivity (Wildman–Crippen MR) is 117 cm³/mol. The lowest BCUT2D eigenvalue weighted by atomic mass is 10.0. The van der Waals surface area contributed by atoms with Crippen molar-refractivity contribution in [1.29, 1.82) is 0 Å². The van der Waals surface area contributed by atoms with Gasteiger partial charge < -0.3 is 14.4 Å². The van der Waals surface area contributed by atoms with Crippen LogP contribution in [0.25, 0.3) is 0 Å². The number of fused-ring (bicyclic) bond motifs is 1. The standard InChI is InChI=1S/C23H31N3OS/c1-3-20-22(16-18-11-13-26(2)14-12-21(18)24-20)25-28-19-9-7-17(8-10-19)23-6-4-5-15-27-23/h7-10,16,23,25H,3-6,11-15H2,1-2H3. The monoisotopic (exact) mass is 397 g/mol. The fraction of sp³-hybridized carbons (Fsp3) is 0.522. The van der Waals surface area contributed by atoms with Crippen molar-refractivity contribution in [2.24, 2.45) is 0 Å². The van der Waals surface area contributed by atoms with Gasteiger partial charge in [-0.1, -0.05) is 19.1 Å². The Labute approximate surface area is 173 Å². The summed E-state index contributed by atoms with van der Waals surface area (Å²) in [5.74, 6) is 0. The summed E-state index contributed by atoms with van der Waals surface area (Å²) in [6.07, 6.45) is 6.96. The van der Waals surface area contributed by atoms with E-state index < -0.39 is 0 Å². The molecule has 3 heterocycles. The van der Waals surface area contributed by atoms with Crippen molar-refractivity contribution in [2.75, 3.05) is 31.5 Å². The first-order valence-corrected chi connectivity index (χ1v) is 11.4. The quantitative estimate of drug-likeness (QED) is 0.716. The van der Waals surface area contributed by atoms with Crippen molar-refractivity contribution in [1.82, 2.24) is 9.88 Å². The van der Waals surface area contributed by atoms with E-state index >= 15 is 0 Å². The van der Waals surface area contributed by atoms with Gasteiger partial charge in [0.25, 0.3) is 0 Å². The zero-order valence-electron chi connectivity index (χ0n) is 17.0. The first-order valence-electron chi connectivity index (χ1n) is 10.6. The van der Waals surface area contributed by atoms with Gasteiger partial charge in [-0.3, -0.25) is 4.98 Å². The van der Waals surface area contributed by atoms with Crippen molar-refractivity contribution in [2.45, 2.75) is 56.4 Å². The molecular formula is C23H31N3OS. The number of hydrogen-bond acceptors (Lipinski definition) is 5. The minimum absolute atomic E-state index is 0.277. The van der Waals surface area contributed by atoms with Gasteiger partial charge in [0.1, 0.15) is 0 Å². The maximum Gasteiger partial charge on any atom is 0.0824 e. The summed E-state index contributed by atoms with van der Waals surface area (Å²) in [6.45, 7) is 5.29. The Kier molecular flexibility index (Phi) is 6.55. The Morgan fingerprint density at radius 2 is 2.00 bits per heavy atom. The minimum atomic E-state index is 0.277. The van der Waals surface area contributed by atoms with Crippen LogP contribution in [0.3, 0.4) is 0 Å². The van der Waals surface area contributed by atoms with Gasteiger partial charge in [-0.05, 0) is 80.4 Å². The number of rotatable bonds is 5. The molecule has 1 saturated heterocycles. The molecule has 1 aromatic carbocycles. The number of ether oxygens (including phenoxy) is 1. The maximum absolute atomic E-state index is 5.90. The molecule has 0 radical (unpaired) electrons. The van der Waals surface area contributed by atoms with Crippen molar-refractivity contribution in [3.63, 3.8) is 0 Å². The van der Waals surface area contributed by atoms with Crippen molar-refractivity contribution < 1.29 is 4.74 Å². The molecule has 1 atom stereocenters.